The molecule has 1 aromatic heterocycles. The number of aryl methyl sites for hydroxylation is 1. The van der Waals surface area contributed by atoms with Gasteiger partial charge in [0.25, 0.3) is 0 Å². The highest BCUT2D eigenvalue weighted by atomic mass is 16.6. The van der Waals surface area contributed by atoms with E-state index in [1.54, 1.807) is 12.1 Å². The molecule has 10 nitrogen and oxygen atoms in total. The van der Waals surface area contributed by atoms with Crippen LogP contribution in [0.25, 0.3) is 22.0 Å². The quantitative estimate of drug-likeness (QED) is 0.0612. The summed E-state index contributed by atoms with van der Waals surface area (Å²) < 4.78 is 5.78. The van der Waals surface area contributed by atoms with Crippen molar-refractivity contribution in [3.05, 3.63) is 130 Å². The average molecular weight is 801 g/mol. The highest BCUT2D eigenvalue weighted by Crippen LogP contribution is 2.32. The Hall–Kier alpha value is -5.45. The number of amides is 2. The predicted molar refractivity (Wildman–Crippen MR) is 236 cm³/mol. The second-order valence-electron chi connectivity index (χ2n) is 16.2. The van der Waals surface area contributed by atoms with E-state index in [2.05, 4.69) is 46.4 Å². The Balaban J connectivity index is 0.814. The second kappa shape index (κ2) is 21.5. The van der Waals surface area contributed by atoms with E-state index in [1.807, 2.05) is 66.5 Å². The first-order chi connectivity index (χ1) is 28.6. The number of anilines is 1. The fraction of sp³-hybridized carbons (Fsp3) is 0.408. The average Bonchev–Trinajstić information content (AvgIpc) is 3.24. The maximum absolute atomic E-state index is 12.9. The monoisotopic (exact) mass is 800 g/mol. The fourth-order valence-corrected chi connectivity index (χ4v) is 8.17. The first-order valence-corrected chi connectivity index (χ1v) is 21.3. The number of hydrogen-bond acceptors (Lipinski definition) is 7. The van der Waals surface area contributed by atoms with Crippen molar-refractivity contribution in [2.45, 2.75) is 89.8 Å². The molecule has 0 bridgehead atoms. The first-order valence-electron chi connectivity index (χ1n) is 21.3. The van der Waals surface area contributed by atoms with Crippen LogP contribution in [-0.4, -0.2) is 76.3 Å². The molecule has 6 rings (SSSR count). The molecule has 0 saturated carbocycles. The van der Waals surface area contributed by atoms with Gasteiger partial charge in [0.05, 0.1) is 17.3 Å². The number of aromatic amines is 1. The van der Waals surface area contributed by atoms with Gasteiger partial charge in [0.15, 0.2) is 0 Å². The minimum absolute atomic E-state index is 0.00323. The van der Waals surface area contributed by atoms with Gasteiger partial charge in [0.1, 0.15) is 11.9 Å². The number of piperidine rings is 1. The van der Waals surface area contributed by atoms with Crippen molar-refractivity contribution >= 4 is 28.6 Å². The molecule has 0 radical (unpaired) electrons. The lowest BCUT2D eigenvalue weighted by Gasteiger charge is -2.31. The number of benzene rings is 4. The Morgan fingerprint density at radius 3 is 2.44 bits per heavy atom. The van der Waals surface area contributed by atoms with E-state index in [4.69, 9.17) is 4.74 Å². The number of unbranched alkanes of at least 4 members (excludes halogenated alkanes) is 3. The van der Waals surface area contributed by atoms with Gasteiger partial charge >= 0.3 is 6.09 Å². The summed E-state index contributed by atoms with van der Waals surface area (Å²) in [6.07, 6.45) is 8.42. The lowest BCUT2D eigenvalue weighted by molar-refractivity contribution is -0.130. The number of carbonyl (C=O) groups is 2. The Bertz CT molecular complexity index is 2180. The summed E-state index contributed by atoms with van der Waals surface area (Å²) in [4.78, 5) is 44.3. The van der Waals surface area contributed by atoms with Crippen LogP contribution in [-0.2, 0) is 22.4 Å². The van der Waals surface area contributed by atoms with Gasteiger partial charge in [0.2, 0.25) is 11.5 Å². The summed E-state index contributed by atoms with van der Waals surface area (Å²) in [5, 5.41) is 24.8. The molecule has 0 unspecified atom stereocenters. The highest BCUT2D eigenvalue weighted by molar-refractivity contribution is 5.91. The molecule has 1 fully saturated rings. The molecule has 4 N–H and O–H groups in total. The van der Waals surface area contributed by atoms with Crippen LogP contribution in [0.15, 0.2) is 108 Å². The van der Waals surface area contributed by atoms with Crippen LogP contribution in [0.1, 0.15) is 87.5 Å². The zero-order valence-corrected chi connectivity index (χ0v) is 34.6. The molecule has 59 heavy (non-hydrogen) atoms. The minimum Gasteiger partial charge on any atom is -0.506 e. The molecule has 2 atom stereocenters. The SMILES string of the molecule is C[C@H](CC[C@H](O)c1ccc(O)c2[nH]c(=O)ccc12)Cc1cccc(CCCCCCN(C)C(=O)CCN2CCC(OC(=O)Nc3ccccc3-c3ccccc3)CC2)c1. The number of fused-ring (bicyclic) bond motifs is 1. The van der Waals surface area contributed by atoms with Crippen molar-refractivity contribution in [3.8, 4) is 16.9 Å². The second-order valence-corrected chi connectivity index (χ2v) is 16.2. The zero-order valence-electron chi connectivity index (χ0n) is 34.6. The first kappa shape index (κ1) is 43.1. The minimum atomic E-state index is -0.690. The van der Waals surface area contributed by atoms with Crippen LogP contribution in [0.4, 0.5) is 10.5 Å². The maximum atomic E-state index is 12.9. The van der Waals surface area contributed by atoms with E-state index in [-0.39, 0.29) is 23.3 Å². The number of carbonyl (C=O) groups excluding carboxylic acids is 2. The van der Waals surface area contributed by atoms with Crippen molar-refractivity contribution < 1.29 is 24.5 Å². The van der Waals surface area contributed by atoms with Crippen molar-refractivity contribution in [3.63, 3.8) is 0 Å². The van der Waals surface area contributed by atoms with Gasteiger partial charge in [-0.2, -0.15) is 0 Å². The van der Waals surface area contributed by atoms with Crippen LogP contribution < -0.4 is 10.9 Å². The van der Waals surface area contributed by atoms with Gasteiger partial charge in [-0.15, -0.1) is 0 Å². The van der Waals surface area contributed by atoms with Crippen molar-refractivity contribution in [2.24, 2.45) is 5.92 Å². The number of H-pyrrole nitrogens is 1. The van der Waals surface area contributed by atoms with E-state index in [0.29, 0.717) is 41.8 Å². The maximum Gasteiger partial charge on any atom is 0.411 e. The van der Waals surface area contributed by atoms with Gasteiger partial charge in [-0.3, -0.25) is 14.9 Å². The topological polar surface area (TPSA) is 135 Å². The summed E-state index contributed by atoms with van der Waals surface area (Å²) >= 11 is 0. The van der Waals surface area contributed by atoms with Crippen LogP contribution in [0, 0.1) is 5.92 Å². The number of rotatable bonds is 19. The van der Waals surface area contributed by atoms with E-state index in [1.165, 1.54) is 23.3 Å². The Kier molecular flexibility index (Phi) is 15.7. The largest absolute Gasteiger partial charge is 0.506 e. The highest BCUT2D eigenvalue weighted by Gasteiger charge is 2.24. The Morgan fingerprint density at radius 2 is 1.63 bits per heavy atom. The van der Waals surface area contributed by atoms with E-state index < -0.39 is 12.2 Å². The standard InChI is InChI=1S/C49H60N4O6/c1-35(20-23-44(54)41-21-24-45(55)48-42(41)22-25-46(56)51-48)33-37-15-12-14-36(34-37)13-6-3-4-11-29-52(2)47(57)28-32-53-30-26-39(27-31-53)59-49(58)50-43-19-10-9-18-40(43)38-16-7-5-8-17-38/h5,7-10,12,14-19,21-22,24-25,34-35,39,44,54-55H,3-4,6,11,13,20,23,26-33H2,1-2H3,(H,50,58)(H,51,56)/t35-,44+/m1/s1. The summed E-state index contributed by atoms with van der Waals surface area (Å²) in [6.45, 7) is 5.29. The molecule has 5 aromatic rings. The molecular weight excluding hydrogens is 741 g/mol. The van der Waals surface area contributed by atoms with Crippen LogP contribution >= 0.6 is 0 Å². The number of ether oxygens (including phenoxy) is 1. The molecular formula is C49H60N4O6. The van der Waals surface area contributed by atoms with E-state index in [9.17, 15) is 24.6 Å². The number of aliphatic hydroxyl groups is 1. The van der Waals surface area contributed by atoms with Gasteiger partial charge in [-0.25, -0.2) is 4.79 Å². The third-order valence-corrected chi connectivity index (χ3v) is 11.6. The molecule has 4 aromatic carbocycles. The number of hydrogen-bond donors (Lipinski definition) is 4. The van der Waals surface area contributed by atoms with Gasteiger partial charge in [-0.05, 0) is 97.7 Å². The summed E-state index contributed by atoms with van der Waals surface area (Å²) in [5.41, 5.74) is 6.13. The number of phenolic OH excluding ortho intramolecular Hbond substituents is 1. The number of likely N-dealkylation sites (tertiary alicyclic amines) is 1. The van der Waals surface area contributed by atoms with Crippen LogP contribution in [0.3, 0.4) is 0 Å². The summed E-state index contributed by atoms with van der Waals surface area (Å²) in [5.74, 6) is 0.549. The fourth-order valence-electron chi connectivity index (χ4n) is 8.17. The van der Waals surface area contributed by atoms with E-state index in [0.717, 1.165) is 94.2 Å². The number of pyridine rings is 1. The molecule has 0 spiro atoms. The number of phenols is 1. The number of aromatic nitrogens is 1. The lowest BCUT2D eigenvalue weighted by Crippen LogP contribution is -2.40. The lowest BCUT2D eigenvalue weighted by atomic mass is 9.91. The molecule has 0 aliphatic carbocycles. The third kappa shape index (κ3) is 12.8. The number of aliphatic hydroxyl groups excluding tert-OH is 1. The molecule has 10 heteroatoms. The summed E-state index contributed by atoms with van der Waals surface area (Å²) in [6, 6.07) is 32.9. The van der Waals surface area contributed by atoms with Gasteiger partial charge < -0.3 is 29.7 Å². The van der Waals surface area contributed by atoms with E-state index >= 15 is 0 Å². The van der Waals surface area contributed by atoms with Crippen LogP contribution in [0.5, 0.6) is 5.75 Å². The molecule has 1 aliphatic heterocycles. The summed E-state index contributed by atoms with van der Waals surface area (Å²) in [7, 11) is 1.91. The Labute approximate surface area is 348 Å². The van der Waals surface area contributed by atoms with Crippen molar-refractivity contribution in [1.82, 2.24) is 14.8 Å². The van der Waals surface area contributed by atoms with Gasteiger partial charge in [-0.1, -0.05) is 98.6 Å². The number of nitrogens with zero attached hydrogens (tertiary/aromatic N) is 2. The normalized spacial score (nSPS) is 14.5. The number of aromatic hydroxyl groups is 1. The van der Waals surface area contributed by atoms with Crippen molar-refractivity contribution in [2.75, 3.05) is 38.5 Å². The Morgan fingerprint density at radius 1 is 0.881 bits per heavy atom. The van der Waals surface area contributed by atoms with Crippen molar-refractivity contribution in [1.29, 1.82) is 0 Å². The third-order valence-electron chi connectivity index (χ3n) is 11.6. The molecule has 2 heterocycles. The molecule has 1 saturated heterocycles. The van der Waals surface area contributed by atoms with Crippen LogP contribution in [0.2, 0.25) is 0 Å². The number of para-hydroxylation sites is 1. The molecule has 1 aliphatic rings. The number of nitrogens with one attached hydrogen (secondary N) is 2. The smallest absolute Gasteiger partial charge is 0.411 e. The predicted octanol–water partition coefficient (Wildman–Crippen LogP) is 9.26. The zero-order chi connectivity index (χ0) is 41.6. The van der Waals surface area contributed by atoms with Gasteiger partial charge in [0, 0.05) is 56.7 Å². The molecule has 312 valence electrons. The molecule has 2 amide bonds.